The Morgan fingerprint density at radius 1 is 1.19 bits per heavy atom. The third-order valence-corrected chi connectivity index (χ3v) is 2.08. The second kappa shape index (κ2) is 7.01. The van der Waals surface area contributed by atoms with E-state index in [1.54, 1.807) is 19.1 Å². The van der Waals surface area contributed by atoms with Gasteiger partial charge in [0.2, 0.25) is 0 Å². The van der Waals surface area contributed by atoms with E-state index in [4.69, 9.17) is 9.47 Å². The van der Waals surface area contributed by atoms with Crippen LogP contribution in [0, 0.1) is 0 Å². The summed E-state index contributed by atoms with van der Waals surface area (Å²) < 4.78 is 10.3. The molecule has 0 amide bonds. The molecule has 88 valence electrons. The molecule has 0 aliphatic carbocycles. The quantitative estimate of drug-likeness (QED) is 0.548. The van der Waals surface area contributed by atoms with Crippen molar-refractivity contribution in [2.75, 3.05) is 13.2 Å². The molecule has 0 N–H and O–H groups in total. The summed E-state index contributed by atoms with van der Waals surface area (Å²) in [6, 6.07) is 7.31. The number of ether oxygens (including phenoxy) is 2. The SMILES string of the molecule is CCCOCc1ccc(C(=O)OCC)cc1. The zero-order chi connectivity index (χ0) is 11.8. The van der Waals surface area contributed by atoms with Crippen LogP contribution in [0.5, 0.6) is 0 Å². The van der Waals surface area contributed by atoms with E-state index in [0.717, 1.165) is 18.6 Å². The summed E-state index contributed by atoms with van der Waals surface area (Å²) in [4.78, 5) is 11.4. The number of hydrogen-bond acceptors (Lipinski definition) is 3. The van der Waals surface area contributed by atoms with E-state index in [1.165, 1.54) is 0 Å². The summed E-state index contributed by atoms with van der Waals surface area (Å²) in [6.45, 7) is 5.63. The van der Waals surface area contributed by atoms with Crippen LogP contribution >= 0.6 is 0 Å². The van der Waals surface area contributed by atoms with Gasteiger partial charge in [-0.1, -0.05) is 19.1 Å². The van der Waals surface area contributed by atoms with Crippen LogP contribution in [0.2, 0.25) is 0 Å². The third kappa shape index (κ3) is 4.03. The van der Waals surface area contributed by atoms with Crippen LogP contribution in [0.4, 0.5) is 0 Å². The molecule has 0 radical (unpaired) electrons. The van der Waals surface area contributed by atoms with Gasteiger partial charge < -0.3 is 9.47 Å². The smallest absolute Gasteiger partial charge is 0.338 e. The topological polar surface area (TPSA) is 35.5 Å². The molecule has 0 aromatic heterocycles. The van der Waals surface area contributed by atoms with Crippen LogP contribution in [0.1, 0.15) is 36.2 Å². The van der Waals surface area contributed by atoms with Gasteiger partial charge in [-0.15, -0.1) is 0 Å². The van der Waals surface area contributed by atoms with Crippen LogP contribution in [0.3, 0.4) is 0 Å². The first-order chi connectivity index (χ1) is 7.77. The monoisotopic (exact) mass is 222 g/mol. The number of benzene rings is 1. The molecular formula is C13H18O3. The van der Waals surface area contributed by atoms with Crippen molar-refractivity contribution in [2.24, 2.45) is 0 Å². The maximum Gasteiger partial charge on any atom is 0.338 e. The molecule has 1 aromatic rings. The Morgan fingerprint density at radius 2 is 1.88 bits per heavy atom. The van der Waals surface area contributed by atoms with Gasteiger partial charge in [-0.2, -0.15) is 0 Å². The highest BCUT2D eigenvalue weighted by Gasteiger charge is 2.05. The summed E-state index contributed by atoms with van der Waals surface area (Å²) in [5, 5.41) is 0. The molecule has 16 heavy (non-hydrogen) atoms. The Balaban J connectivity index is 2.50. The molecule has 0 heterocycles. The molecule has 0 bridgehead atoms. The van der Waals surface area contributed by atoms with Crippen LogP contribution in [0.25, 0.3) is 0 Å². The van der Waals surface area contributed by atoms with Gasteiger partial charge >= 0.3 is 5.97 Å². The van der Waals surface area contributed by atoms with Gasteiger partial charge in [0.25, 0.3) is 0 Å². The van der Waals surface area contributed by atoms with E-state index >= 15 is 0 Å². The largest absolute Gasteiger partial charge is 0.462 e. The fraction of sp³-hybridized carbons (Fsp3) is 0.462. The van der Waals surface area contributed by atoms with Gasteiger partial charge in [0.1, 0.15) is 0 Å². The molecular weight excluding hydrogens is 204 g/mol. The number of hydrogen-bond donors (Lipinski definition) is 0. The molecule has 0 unspecified atom stereocenters. The van der Waals surface area contributed by atoms with E-state index in [9.17, 15) is 4.79 Å². The Labute approximate surface area is 96.4 Å². The van der Waals surface area contributed by atoms with Gasteiger partial charge in [0.15, 0.2) is 0 Å². The van der Waals surface area contributed by atoms with Crippen molar-refractivity contribution in [3.05, 3.63) is 35.4 Å². The lowest BCUT2D eigenvalue weighted by Gasteiger charge is -2.04. The third-order valence-electron chi connectivity index (χ3n) is 2.08. The first-order valence-corrected chi connectivity index (χ1v) is 5.61. The van der Waals surface area contributed by atoms with Crippen molar-refractivity contribution in [3.63, 3.8) is 0 Å². The normalized spacial score (nSPS) is 10.1. The lowest BCUT2D eigenvalue weighted by atomic mass is 10.1. The average molecular weight is 222 g/mol. The molecule has 0 atom stereocenters. The van der Waals surface area contributed by atoms with Crippen LogP contribution in [-0.2, 0) is 16.1 Å². The van der Waals surface area contributed by atoms with Gasteiger partial charge in [0.05, 0.1) is 18.8 Å². The molecule has 0 spiro atoms. The predicted octanol–water partition coefficient (Wildman–Crippen LogP) is 2.79. The van der Waals surface area contributed by atoms with E-state index in [0.29, 0.717) is 18.8 Å². The maximum absolute atomic E-state index is 11.4. The Morgan fingerprint density at radius 3 is 2.44 bits per heavy atom. The van der Waals surface area contributed by atoms with E-state index in [2.05, 4.69) is 6.92 Å². The number of esters is 1. The summed E-state index contributed by atoms with van der Waals surface area (Å²) in [7, 11) is 0. The van der Waals surface area contributed by atoms with Crippen molar-refractivity contribution in [1.29, 1.82) is 0 Å². The maximum atomic E-state index is 11.4. The molecule has 0 fully saturated rings. The van der Waals surface area contributed by atoms with Gasteiger partial charge in [-0.3, -0.25) is 0 Å². The zero-order valence-corrected chi connectivity index (χ0v) is 9.86. The Kier molecular flexibility index (Phi) is 5.57. The minimum absolute atomic E-state index is 0.275. The first kappa shape index (κ1) is 12.7. The fourth-order valence-corrected chi connectivity index (χ4v) is 1.29. The highest BCUT2D eigenvalue weighted by Crippen LogP contribution is 2.07. The number of carbonyl (C=O) groups is 1. The van der Waals surface area contributed by atoms with E-state index in [-0.39, 0.29) is 5.97 Å². The Bertz CT molecular complexity index is 316. The molecule has 3 nitrogen and oxygen atoms in total. The highest BCUT2D eigenvalue weighted by atomic mass is 16.5. The van der Waals surface area contributed by atoms with Gasteiger partial charge in [0, 0.05) is 6.61 Å². The molecule has 0 aliphatic rings. The minimum atomic E-state index is -0.275. The zero-order valence-electron chi connectivity index (χ0n) is 9.86. The second-order valence-corrected chi connectivity index (χ2v) is 3.47. The summed E-state index contributed by atoms with van der Waals surface area (Å²) in [6.07, 6.45) is 1.01. The highest BCUT2D eigenvalue weighted by molar-refractivity contribution is 5.89. The van der Waals surface area contributed by atoms with Crippen LogP contribution < -0.4 is 0 Å². The lowest BCUT2D eigenvalue weighted by Crippen LogP contribution is -2.04. The molecule has 0 saturated carbocycles. The van der Waals surface area contributed by atoms with Crippen molar-refractivity contribution in [2.45, 2.75) is 26.9 Å². The van der Waals surface area contributed by atoms with E-state index < -0.39 is 0 Å². The van der Waals surface area contributed by atoms with Gasteiger partial charge in [-0.05, 0) is 31.0 Å². The molecule has 1 rings (SSSR count). The van der Waals surface area contributed by atoms with Crippen molar-refractivity contribution in [1.82, 2.24) is 0 Å². The van der Waals surface area contributed by atoms with Gasteiger partial charge in [-0.25, -0.2) is 4.79 Å². The standard InChI is InChI=1S/C13H18O3/c1-3-9-15-10-11-5-7-12(8-6-11)13(14)16-4-2/h5-8H,3-4,9-10H2,1-2H3. The fourth-order valence-electron chi connectivity index (χ4n) is 1.29. The van der Waals surface area contributed by atoms with Crippen molar-refractivity contribution < 1.29 is 14.3 Å². The number of carbonyl (C=O) groups excluding carboxylic acids is 1. The number of rotatable bonds is 6. The summed E-state index contributed by atoms with van der Waals surface area (Å²) >= 11 is 0. The molecule has 0 aliphatic heterocycles. The van der Waals surface area contributed by atoms with Crippen LogP contribution in [0.15, 0.2) is 24.3 Å². The predicted molar refractivity (Wildman–Crippen MR) is 62.3 cm³/mol. The molecule has 0 saturated heterocycles. The second-order valence-electron chi connectivity index (χ2n) is 3.47. The molecule has 1 aromatic carbocycles. The van der Waals surface area contributed by atoms with Crippen LogP contribution in [-0.4, -0.2) is 19.2 Å². The van der Waals surface area contributed by atoms with Crippen molar-refractivity contribution in [3.8, 4) is 0 Å². The minimum Gasteiger partial charge on any atom is -0.462 e. The summed E-state index contributed by atoms with van der Waals surface area (Å²) in [5.41, 5.74) is 1.66. The summed E-state index contributed by atoms with van der Waals surface area (Å²) in [5.74, 6) is -0.275. The van der Waals surface area contributed by atoms with E-state index in [1.807, 2.05) is 12.1 Å². The molecule has 3 heteroatoms. The lowest BCUT2D eigenvalue weighted by molar-refractivity contribution is 0.0526. The Hall–Kier alpha value is -1.35. The van der Waals surface area contributed by atoms with Crippen molar-refractivity contribution >= 4 is 5.97 Å². The average Bonchev–Trinajstić information content (AvgIpc) is 2.30. The first-order valence-electron chi connectivity index (χ1n) is 5.61.